The van der Waals surface area contributed by atoms with E-state index in [1.54, 1.807) is 30.3 Å². The number of nitrogens with zero attached hydrogens (tertiary/aromatic N) is 2. The Bertz CT molecular complexity index is 961. The number of aromatic nitrogens is 2. The van der Waals surface area contributed by atoms with Gasteiger partial charge in [0.05, 0.1) is 10.9 Å². The third-order valence-corrected chi connectivity index (χ3v) is 5.19. The van der Waals surface area contributed by atoms with Gasteiger partial charge in [-0.05, 0) is 35.9 Å². The number of nitrogen functional groups attached to an aromatic ring is 1. The fourth-order valence-electron chi connectivity index (χ4n) is 2.03. The SMILES string of the molecule is Nn1c(SCc2ccc(Br)cc2F)nc2ccc(Br)cc2c1=O. The first-order valence-corrected chi connectivity index (χ1v) is 9.07. The molecule has 2 N–H and O–H groups in total. The van der Waals surface area contributed by atoms with Crippen LogP contribution in [0, 0.1) is 5.82 Å². The van der Waals surface area contributed by atoms with Gasteiger partial charge in [-0.25, -0.2) is 14.1 Å². The van der Waals surface area contributed by atoms with Gasteiger partial charge in [-0.15, -0.1) is 0 Å². The number of thioether (sulfide) groups is 1. The Kier molecular flexibility index (Phi) is 4.74. The first-order chi connectivity index (χ1) is 11.0. The van der Waals surface area contributed by atoms with E-state index in [1.165, 1.54) is 17.8 Å². The Labute approximate surface area is 152 Å². The molecule has 0 radical (unpaired) electrons. The van der Waals surface area contributed by atoms with Gasteiger partial charge in [0.25, 0.3) is 5.56 Å². The lowest BCUT2D eigenvalue weighted by molar-refractivity contribution is 0.616. The summed E-state index contributed by atoms with van der Waals surface area (Å²) in [6.07, 6.45) is 0. The smallest absolute Gasteiger partial charge is 0.280 e. The first-order valence-electron chi connectivity index (χ1n) is 6.50. The van der Waals surface area contributed by atoms with E-state index in [0.29, 0.717) is 31.8 Å². The molecule has 1 heterocycles. The summed E-state index contributed by atoms with van der Waals surface area (Å²) < 4.78 is 16.3. The van der Waals surface area contributed by atoms with Crippen LogP contribution < -0.4 is 11.4 Å². The van der Waals surface area contributed by atoms with E-state index in [2.05, 4.69) is 36.8 Å². The van der Waals surface area contributed by atoms with E-state index >= 15 is 0 Å². The summed E-state index contributed by atoms with van der Waals surface area (Å²) in [5, 5.41) is 0.771. The molecule has 23 heavy (non-hydrogen) atoms. The molecule has 118 valence electrons. The molecule has 1 aromatic heterocycles. The zero-order chi connectivity index (χ0) is 16.6. The standard InChI is InChI=1S/C15H10Br2FN3OS/c16-9-3-4-13-11(5-9)14(22)21(19)15(20-13)23-7-8-1-2-10(17)6-12(8)18/h1-6H,7,19H2. The Hall–Kier alpha value is -1.38. The van der Waals surface area contributed by atoms with Gasteiger partial charge >= 0.3 is 0 Å². The minimum absolute atomic E-state index is 0.317. The lowest BCUT2D eigenvalue weighted by atomic mass is 10.2. The molecule has 0 amide bonds. The van der Waals surface area contributed by atoms with Crippen LogP contribution in [0.2, 0.25) is 0 Å². The van der Waals surface area contributed by atoms with Crippen LogP contribution in [-0.4, -0.2) is 9.66 Å². The largest absolute Gasteiger partial charge is 0.334 e. The van der Waals surface area contributed by atoms with Crippen molar-refractivity contribution in [3.05, 3.63) is 67.1 Å². The van der Waals surface area contributed by atoms with E-state index in [1.807, 2.05) is 0 Å². The van der Waals surface area contributed by atoms with Gasteiger partial charge in [0.2, 0.25) is 0 Å². The highest BCUT2D eigenvalue weighted by Gasteiger charge is 2.11. The van der Waals surface area contributed by atoms with Gasteiger partial charge in [-0.3, -0.25) is 4.79 Å². The molecule has 0 atom stereocenters. The van der Waals surface area contributed by atoms with Crippen molar-refractivity contribution < 1.29 is 4.39 Å². The third kappa shape index (κ3) is 3.44. The lowest BCUT2D eigenvalue weighted by Crippen LogP contribution is -2.29. The van der Waals surface area contributed by atoms with Crippen LogP contribution in [0.1, 0.15) is 5.56 Å². The molecular formula is C15H10Br2FN3OS. The molecule has 2 aromatic carbocycles. The highest BCUT2D eigenvalue weighted by Crippen LogP contribution is 2.25. The topological polar surface area (TPSA) is 60.9 Å². The minimum Gasteiger partial charge on any atom is -0.334 e. The number of benzene rings is 2. The van der Waals surface area contributed by atoms with Crippen molar-refractivity contribution >= 4 is 54.5 Å². The van der Waals surface area contributed by atoms with Crippen molar-refractivity contribution in [3.63, 3.8) is 0 Å². The monoisotopic (exact) mass is 457 g/mol. The molecule has 0 aliphatic rings. The Morgan fingerprint density at radius 1 is 1.17 bits per heavy atom. The molecule has 0 spiro atoms. The number of hydrogen-bond donors (Lipinski definition) is 1. The highest BCUT2D eigenvalue weighted by molar-refractivity contribution is 9.10. The summed E-state index contributed by atoms with van der Waals surface area (Å²) in [6, 6.07) is 10.1. The highest BCUT2D eigenvalue weighted by atomic mass is 79.9. The summed E-state index contributed by atoms with van der Waals surface area (Å²) in [5.74, 6) is 5.84. The molecule has 0 fully saturated rings. The molecule has 8 heteroatoms. The normalized spacial score (nSPS) is 11.1. The maximum absolute atomic E-state index is 13.9. The Morgan fingerprint density at radius 3 is 2.61 bits per heavy atom. The average molecular weight is 459 g/mol. The molecule has 3 aromatic rings. The zero-order valence-electron chi connectivity index (χ0n) is 11.6. The zero-order valence-corrected chi connectivity index (χ0v) is 15.6. The molecule has 3 rings (SSSR count). The summed E-state index contributed by atoms with van der Waals surface area (Å²) in [6.45, 7) is 0. The third-order valence-electron chi connectivity index (χ3n) is 3.20. The van der Waals surface area contributed by atoms with Gasteiger partial charge in [0.1, 0.15) is 5.82 Å². The Balaban J connectivity index is 1.95. The van der Waals surface area contributed by atoms with Gasteiger partial charge in [0, 0.05) is 14.7 Å². The molecule has 0 aliphatic carbocycles. The number of fused-ring (bicyclic) bond motifs is 1. The predicted molar refractivity (Wildman–Crippen MR) is 97.5 cm³/mol. The second kappa shape index (κ2) is 6.62. The van der Waals surface area contributed by atoms with Crippen molar-refractivity contribution in [2.24, 2.45) is 0 Å². The van der Waals surface area contributed by atoms with Gasteiger partial charge < -0.3 is 5.84 Å². The van der Waals surface area contributed by atoms with Crippen LogP contribution in [0.25, 0.3) is 10.9 Å². The average Bonchev–Trinajstić information content (AvgIpc) is 2.51. The number of rotatable bonds is 3. The van der Waals surface area contributed by atoms with Crippen LogP contribution in [0.15, 0.2) is 55.3 Å². The minimum atomic E-state index is -0.338. The van der Waals surface area contributed by atoms with E-state index < -0.39 is 0 Å². The molecule has 4 nitrogen and oxygen atoms in total. The summed E-state index contributed by atoms with van der Waals surface area (Å²) in [7, 11) is 0. The summed E-state index contributed by atoms with van der Waals surface area (Å²) >= 11 is 7.75. The molecule has 0 aliphatic heterocycles. The molecular weight excluding hydrogens is 449 g/mol. The van der Waals surface area contributed by atoms with Crippen LogP contribution in [0.4, 0.5) is 4.39 Å². The quantitative estimate of drug-likeness (QED) is 0.365. The van der Waals surface area contributed by atoms with Crippen molar-refractivity contribution in [2.75, 3.05) is 5.84 Å². The maximum Gasteiger partial charge on any atom is 0.280 e. The van der Waals surface area contributed by atoms with Crippen LogP contribution in [0.5, 0.6) is 0 Å². The summed E-state index contributed by atoms with van der Waals surface area (Å²) in [4.78, 5) is 16.7. The van der Waals surface area contributed by atoms with Crippen LogP contribution in [-0.2, 0) is 5.75 Å². The van der Waals surface area contributed by atoms with E-state index in [0.717, 1.165) is 9.15 Å². The number of hydrogen-bond acceptors (Lipinski definition) is 4. The fourth-order valence-corrected chi connectivity index (χ4v) is 3.63. The van der Waals surface area contributed by atoms with Crippen LogP contribution in [0.3, 0.4) is 0 Å². The van der Waals surface area contributed by atoms with E-state index in [-0.39, 0.29) is 11.4 Å². The molecule has 0 saturated carbocycles. The second-order valence-corrected chi connectivity index (χ2v) is 7.53. The first kappa shape index (κ1) is 16.5. The van der Waals surface area contributed by atoms with Crippen molar-refractivity contribution in [2.45, 2.75) is 10.9 Å². The number of nitrogens with two attached hydrogens (primary N) is 1. The molecule has 0 unspecified atom stereocenters. The van der Waals surface area contributed by atoms with E-state index in [9.17, 15) is 9.18 Å². The van der Waals surface area contributed by atoms with Gasteiger partial charge in [0.15, 0.2) is 5.16 Å². The van der Waals surface area contributed by atoms with Crippen LogP contribution >= 0.6 is 43.6 Å². The van der Waals surface area contributed by atoms with E-state index in [4.69, 9.17) is 5.84 Å². The maximum atomic E-state index is 13.9. The second-order valence-electron chi connectivity index (χ2n) is 4.76. The molecule has 0 saturated heterocycles. The predicted octanol–water partition coefficient (Wildman–Crippen LogP) is 4.07. The number of halogens is 3. The van der Waals surface area contributed by atoms with Gasteiger partial charge in [-0.2, -0.15) is 0 Å². The van der Waals surface area contributed by atoms with Crippen molar-refractivity contribution in [3.8, 4) is 0 Å². The fraction of sp³-hybridized carbons (Fsp3) is 0.0667. The van der Waals surface area contributed by atoms with Crippen molar-refractivity contribution in [1.29, 1.82) is 0 Å². The van der Waals surface area contributed by atoms with Gasteiger partial charge in [-0.1, -0.05) is 49.7 Å². The van der Waals surface area contributed by atoms with Crippen molar-refractivity contribution in [1.82, 2.24) is 9.66 Å². The Morgan fingerprint density at radius 2 is 1.87 bits per heavy atom. The lowest BCUT2D eigenvalue weighted by Gasteiger charge is -2.09. The molecule has 0 bridgehead atoms. The summed E-state index contributed by atoms with van der Waals surface area (Å²) in [5.41, 5.74) is 0.733.